The van der Waals surface area contributed by atoms with E-state index in [2.05, 4.69) is 15.3 Å². The van der Waals surface area contributed by atoms with Gasteiger partial charge in [-0.1, -0.05) is 0 Å². The smallest absolute Gasteiger partial charge is 0.221 e. The Morgan fingerprint density at radius 3 is 3.12 bits per heavy atom. The van der Waals surface area contributed by atoms with E-state index >= 15 is 0 Å². The van der Waals surface area contributed by atoms with E-state index in [4.69, 9.17) is 5.11 Å². The predicted molar refractivity (Wildman–Crippen MR) is 62.1 cm³/mol. The molecule has 0 aliphatic carbocycles. The summed E-state index contributed by atoms with van der Waals surface area (Å²) in [7, 11) is 1.65. The largest absolute Gasteiger partial charge is 0.390 e. The minimum Gasteiger partial charge on any atom is -0.390 e. The average Bonchev–Trinajstić information content (AvgIpc) is 2.77. The minimum absolute atomic E-state index is 0.0156. The Bertz CT molecular complexity index is 402. The predicted octanol–water partition coefficient (Wildman–Crippen LogP) is -0.673. The molecule has 1 aromatic heterocycles. The summed E-state index contributed by atoms with van der Waals surface area (Å²) in [5.41, 5.74) is 1.82. The molecule has 0 bridgehead atoms. The number of fused-ring (bicyclic) bond motifs is 1. The number of aliphatic hydroxyl groups is 1. The van der Waals surface area contributed by atoms with Gasteiger partial charge >= 0.3 is 0 Å². The van der Waals surface area contributed by atoms with Gasteiger partial charge in [-0.2, -0.15) is 5.10 Å². The summed E-state index contributed by atoms with van der Waals surface area (Å²) in [4.78, 5) is 13.4. The van der Waals surface area contributed by atoms with Crippen LogP contribution in [0.3, 0.4) is 0 Å². The van der Waals surface area contributed by atoms with Gasteiger partial charge in [-0.25, -0.2) is 0 Å². The van der Waals surface area contributed by atoms with Crippen LogP contribution in [0.25, 0.3) is 0 Å². The highest BCUT2D eigenvalue weighted by molar-refractivity contribution is 5.75. The van der Waals surface area contributed by atoms with Crippen molar-refractivity contribution in [1.29, 1.82) is 0 Å². The van der Waals surface area contributed by atoms with E-state index in [1.165, 1.54) is 0 Å². The molecule has 6 nitrogen and oxygen atoms in total. The molecule has 0 unspecified atom stereocenters. The van der Waals surface area contributed by atoms with Crippen molar-refractivity contribution in [1.82, 2.24) is 20.0 Å². The van der Waals surface area contributed by atoms with Crippen LogP contribution in [0.1, 0.15) is 17.8 Å². The van der Waals surface area contributed by atoms with Crippen molar-refractivity contribution in [3.63, 3.8) is 0 Å². The van der Waals surface area contributed by atoms with Crippen LogP contribution in [-0.4, -0.2) is 45.8 Å². The summed E-state index contributed by atoms with van der Waals surface area (Å²) in [5.74, 6) is 0.0696. The standard InChI is InChI=1S/C11H18N4O2/c1-12-11(17)2-3-14-4-5-15-10(7-14)6-9(8-16)13-15/h6,16H,2-5,7-8H2,1H3,(H,12,17). The monoisotopic (exact) mass is 238 g/mol. The number of aromatic nitrogens is 2. The zero-order valence-electron chi connectivity index (χ0n) is 10.0. The number of amides is 1. The summed E-state index contributed by atoms with van der Waals surface area (Å²) >= 11 is 0. The molecular weight excluding hydrogens is 220 g/mol. The van der Waals surface area contributed by atoms with E-state index in [9.17, 15) is 4.79 Å². The lowest BCUT2D eigenvalue weighted by Gasteiger charge is -2.27. The van der Waals surface area contributed by atoms with Gasteiger partial charge in [-0.15, -0.1) is 0 Å². The molecule has 0 spiro atoms. The second kappa shape index (κ2) is 5.29. The molecule has 2 rings (SSSR count). The fourth-order valence-electron chi connectivity index (χ4n) is 2.03. The number of nitrogens with one attached hydrogen (secondary N) is 1. The quantitative estimate of drug-likeness (QED) is 0.729. The number of hydrogen-bond acceptors (Lipinski definition) is 4. The summed E-state index contributed by atoms with van der Waals surface area (Å²) in [5, 5.41) is 15.9. The van der Waals surface area contributed by atoms with Gasteiger partial charge in [-0.3, -0.25) is 14.4 Å². The summed E-state index contributed by atoms with van der Waals surface area (Å²) < 4.78 is 1.93. The van der Waals surface area contributed by atoms with Crippen LogP contribution in [0.2, 0.25) is 0 Å². The molecule has 0 radical (unpaired) electrons. The molecule has 1 aromatic rings. The highest BCUT2D eigenvalue weighted by Gasteiger charge is 2.18. The Labute approximate surface area is 100 Å². The molecule has 17 heavy (non-hydrogen) atoms. The molecule has 0 saturated carbocycles. The fraction of sp³-hybridized carbons (Fsp3) is 0.636. The number of carbonyl (C=O) groups is 1. The zero-order valence-corrected chi connectivity index (χ0v) is 10.0. The van der Waals surface area contributed by atoms with Crippen molar-refractivity contribution < 1.29 is 9.90 Å². The molecule has 0 aromatic carbocycles. The van der Waals surface area contributed by atoms with E-state index in [1.54, 1.807) is 7.05 Å². The van der Waals surface area contributed by atoms with Crippen LogP contribution in [0.15, 0.2) is 6.07 Å². The minimum atomic E-state index is -0.0156. The topological polar surface area (TPSA) is 70.4 Å². The number of aliphatic hydroxyl groups excluding tert-OH is 1. The number of hydrogen-bond donors (Lipinski definition) is 2. The van der Waals surface area contributed by atoms with E-state index < -0.39 is 0 Å². The van der Waals surface area contributed by atoms with E-state index in [-0.39, 0.29) is 12.5 Å². The Morgan fingerprint density at radius 2 is 2.41 bits per heavy atom. The molecule has 0 saturated heterocycles. The van der Waals surface area contributed by atoms with E-state index in [0.717, 1.165) is 31.9 Å². The third-order valence-corrected chi connectivity index (χ3v) is 3.02. The van der Waals surface area contributed by atoms with Gasteiger partial charge in [0.15, 0.2) is 0 Å². The van der Waals surface area contributed by atoms with Crippen LogP contribution < -0.4 is 5.32 Å². The first-order valence-electron chi connectivity index (χ1n) is 5.82. The molecule has 0 fully saturated rings. The summed E-state index contributed by atoms with van der Waals surface area (Å²) in [6.45, 7) is 3.27. The Hall–Kier alpha value is -1.40. The number of rotatable bonds is 4. The van der Waals surface area contributed by atoms with Gasteiger partial charge in [0.1, 0.15) is 0 Å². The molecule has 1 aliphatic rings. The van der Waals surface area contributed by atoms with Gasteiger partial charge in [0.05, 0.1) is 24.5 Å². The molecule has 2 N–H and O–H groups in total. The first kappa shape index (κ1) is 12.1. The summed E-state index contributed by atoms with van der Waals surface area (Å²) in [6.07, 6.45) is 0.525. The number of nitrogens with zero attached hydrogens (tertiary/aromatic N) is 3. The molecular formula is C11H18N4O2. The maximum Gasteiger partial charge on any atom is 0.221 e. The summed E-state index contributed by atoms with van der Waals surface area (Å²) in [6, 6.07) is 1.92. The highest BCUT2D eigenvalue weighted by Crippen LogP contribution is 2.13. The van der Waals surface area contributed by atoms with Gasteiger partial charge in [0.25, 0.3) is 0 Å². The van der Waals surface area contributed by atoms with Crippen molar-refractivity contribution in [2.45, 2.75) is 26.1 Å². The normalized spacial score (nSPS) is 15.6. The molecule has 1 amide bonds. The van der Waals surface area contributed by atoms with E-state index in [1.807, 2.05) is 10.7 Å². The molecule has 0 atom stereocenters. The fourth-order valence-corrected chi connectivity index (χ4v) is 2.03. The Morgan fingerprint density at radius 1 is 1.59 bits per heavy atom. The van der Waals surface area contributed by atoms with Gasteiger partial charge in [-0.05, 0) is 6.07 Å². The van der Waals surface area contributed by atoms with Crippen LogP contribution in [0.4, 0.5) is 0 Å². The maximum atomic E-state index is 11.2. The van der Waals surface area contributed by atoms with Gasteiger partial charge in [0, 0.05) is 33.1 Å². The van der Waals surface area contributed by atoms with Crippen LogP contribution in [0.5, 0.6) is 0 Å². The molecule has 94 valence electrons. The van der Waals surface area contributed by atoms with Crippen molar-refractivity contribution in [2.24, 2.45) is 0 Å². The lowest BCUT2D eigenvalue weighted by Crippen LogP contribution is -2.36. The highest BCUT2D eigenvalue weighted by atomic mass is 16.3. The van der Waals surface area contributed by atoms with Crippen LogP contribution >= 0.6 is 0 Å². The van der Waals surface area contributed by atoms with Crippen molar-refractivity contribution in [3.8, 4) is 0 Å². The van der Waals surface area contributed by atoms with Crippen molar-refractivity contribution >= 4 is 5.91 Å². The first-order valence-corrected chi connectivity index (χ1v) is 5.82. The maximum absolute atomic E-state index is 11.2. The third-order valence-electron chi connectivity index (χ3n) is 3.02. The SMILES string of the molecule is CNC(=O)CCN1CCn2nc(CO)cc2C1. The number of carbonyl (C=O) groups excluding carboxylic acids is 1. The van der Waals surface area contributed by atoms with Crippen molar-refractivity contribution in [2.75, 3.05) is 20.1 Å². The zero-order chi connectivity index (χ0) is 12.3. The van der Waals surface area contributed by atoms with Crippen LogP contribution in [0, 0.1) is 0 Å². The van der Waals surface area contributed by atoms with E-state index in [0.29, 0.717) is 12.1 Å². The van der Waals surface area contributed by atoms with Crippen molar-refractivity contribution in [3.05, 3.63) is 17.5 Å². The third kappa shape index (κ3) is 2.83. The van der Waals surface area contributed by atoms with Crippen LogP contribution in [-0.2, 0) is 24.5 Å². The second-order valence-corrected chi connectivity index (χ2v) is 4.21. The molecule has 6 heteroatoms. The Balaban J connectivity index is 1.91. The average molecular weight is 238 g/mol. The second-order valence-electron chi connectivity index (χ2n) is 4.21. The Kier molecular flexibility index (Phi) is 3.75. The first-order chi connectivity index (χ1) is 8.22. The molecule has 1 aliphatic heterocycles. The van der Waals surface area contributed by atoms with Gasteiger partial charge < -0.3 is 10.4 Å². The lowest BCUT2D eigenvalue weighted by molar-refractivity contribution is -0.121. The van der Waals surface area contributed by atoms with Gasteiger partial charge in [0.2, 0.25) is 5.91 Å². The molecule has 2 heterocycles. The lowest BCUT2D eigenvalue weighted by atomic mass is 10.2.